The van der Waals surface area contributed by atoms with Crippen LogP contribution in [0.3, 0.4) is 0 Å². The van der Waals surface area contributed by atoms with Crippen molar-refractivity contribution >= 4 is 17.6 Å². The standard InChI is InChI=1S/C21H23N3O5.K/c1-3-15-18(29-23-20(15)13-5-7-14(25)8-6-13)9-10-19(26)22-17-12-24(4-2)11-16(17)21(27)28;/h5-8,11-12,25H,3-4,9-10H2,1-2H3,(H,22,26)(H,27,28);/q;+1/p-1. The molecule has 3 aromatic rings. The van der Waals surface area contributed by atoms with Gasteiger partial charge in [-0.15, -0.1) is 0 Å². The average Bonchev–Trinajstić information content (AvgIpc) is 3.30. The van der Waals surface area contributed by atoms with E-state index in [0.29, 0.717) is 30.8 Å². The molecule has 30 heavy (non-hydrogen) atoms. The summed E-state index contributed by atoms with van der Waals surface area (Å²) in [5.74, 6) is -0.891. The Morgan fingerprint density at radius 3 is 2.50 bits per heavy atom. The van der Waals surface area contributed by atoms with E-state index in [0.717, 1.165) is 11.1 Å². The van der Waals surface area contributed by atoms with E-state index in [-0.39, 0.29) is 80.7 Å². The zero-order valence-corrected chi connectivity index (χ0v) is 20.4. The number of carboxylic acid groups (broad SMARTS) is 1. The number of amides is 1. The van der Waals surface area contributed by atoms with E-state index in [1.165, 1.54) is 6.20 Å². The third-order valence-corrected chi connectivity index (χ3v) is 4.68. The van der Waals surface area contributed by atoms with Crippen LogP contribution in [0.25, 0.3) is 11.3 Å². The van der Waals surface area contributed by atoms with Crippen LogP contribution < -0.4 is 61.8 Å². The van der Waals surface area contributed by atoms with E-state index in [1.807, 2.05) is 13.8 Å². The van der Waals surface area contributed by atoms with E-state index >= 15 is 0 Å². The number of aromatic hydroxyl groups is 1. The second-order valence-corrected chi connectivity index (χ2v) is 6.58. The van der Waals surface area contributed by atoms with Crippen LogP contribution in [-0.4, -0.2) is 26.7 Å². The van der Waals surface area contributed by atoms with Gasteiger partial charge in [0.25, 0.3) is 0 Å². The van der Waals surface area contributed by atoms with Crippen molar-refractivity contribution in [3.05, 3.63) is 53.5 Å². The fourth-order valence-corrected chi connectivity index (χ4v) is 3.14. The molecule has 0 unspecified atom stereocenters. The first-order valence-electron chi connectivity index (χ1n) is 9.40. The van der Waals surface area contributed by atoms with Crippen molar-refractivity contribution < 1.29 is 75.7 Å². The Bertz CT molecular complexity index is 1020. The first-order valence-corrected chi connectivity index (χ1v) is 9.40. The molecule has 0 aliphatic heterocycles. The molecule has 0 saturated carbocycles. The number of rotatable bonds is 8. The van der Waals surface area contributed by atoms with Gasteiger partial charge >= 0.3 is 51.4 Å². The number of hydrogen-bond donors (Lipinski definition) is 2. The molecular formula is C21H22KN3O5. The largest absolute Gasteiger partial charge is 1.00 e. The van der Waals surface area contributed by atoms with Crippen molar-refractivity contribution in [1.82, 2.24) is 9.72 Å². The van der Waals surface area contributed by atoms with Gasteiger partial charge in [-0.3, -0.25) is 4.79 Å². The van der Waals surface area contributed by atoms with Crippen LogP contribution in [0.1, 0.15) is 41.9 Å². The van der Waals surface area contributed by atoms with Crippen LogP contribution >= 0.6 is 0 Å². The second kappa shape index (κ2) is 10.9. The molecule has 0 aliphatic carbocycles. The van der Waals surface area contributed by atoms with Gasteiger partial charge in [-0.25, -0.2) is 0 Å². The summed E-state index contributed by atoms with van der Waals surface area (Å²) in [4.78, 5) is 23.6. The molecular weight excluding hydrogens is 413 g/mol. The molecule has 2 heterocycles. The number of phenolic OH excluding ortho intramolecular Hbond substituents is 1. The zero-order valence-electron chi connectivity index (χ0n) is 17.3. The first-order chi connectivity index (χ1) is 13.9. The quantitative estimate of drug-likeness (QED) is 0.455. The fraction of sp³-hybridized carbons (Fsp3) is 0.286. The molecule has 0 atom stereocenters. The van der Waals surface area contributed by atoms with E-state index in [9.17, 15) is 19.8 Å². The van der Waals surface area contributed by atoms with Gasteiger partial charge in [0.15, 0.2) is 0 Å². The smallest absolute Gasteiger partial charge is 0.545 e. The molecule has 0 spiro atoms. The number of carbonyl (C=O) groups excluding carboxylic acids is 2. The van der Waals surface area contributed by atoms with Gasteiger partial charge < -0.3 is 29.4 Å². The summed E-state index contributed by atoms with van der Waals surface area (Å²) >= 11 is 0. The number of nitrogens with zero attached hydrogens (tertiary/aromatic N) is 2. The minimum Gasteiger partial charge on any atom is -0.545 e. The molecule has 0 saturated heterocycles. The molecule has 1 aromatic carbocycles. The molecule has 2 N–H and O–H groups in total. The summed E-state index contributed by atoms with van der Waals surface area (Å²) < 4.78 is 7.12. The van der Waals surface area contributed by atoms with Crippen molar-refractivity contribution in [2.75, 3.05) is 5.32 Å². The third kappa shape index (κ3) is 5.61. The van der Waals surface area contributed by atoms with Gasteiger partial charge in [0.05, 0.1) is 11.7 Å². The number of nitrogens with one attached hydrogen (secondary N) is 1. The number of aromatic nitrogens is 2. The Labute approximate surface area is 216 Å². The average molecular weight is 436 g/mol. The summed E-state index contributed by atoms with van der Waals surface area (Å²) in [7, 11) is 0. The number of hydrogen-bond acceptors (Lipinski definition) is 6. The molecule has 0 radical (unpaired) electrons. The van der Waals surface area contributed by atoms with E-state index < -0.39 is 5.97 Å². The number of carbonyl (C=O) groups is 2. The minimum absolute atomic E-state index is 0. The van der Waals surface area contributed by atoms with Crippen LogP contribution in [0, 0.1) is 0 Å². The molecule has 8 nitrogen and oxygen atoms in total. The summed E-state index contributed by atoms with van der Waals surface area (Å²) in [6.45, 7) is 4.42. The molecule has 0 aliphatic rings. The number of carboxylic acids is 1. The maximum atomic E-state index is 12.3. The summed E-state index contributed by atoms with van der Waals surface area (Å²) in [6.07, 6.45) is 4.11. The van der Waals surface area contributed by atoms with Gasteiger partial charge in [-0.2, -0.15) is 0 Å². The van der Waals surface area contributed by atoms with Crippen LogP contribution in [0.15, 0.2) is 41.2 Å². The fourth-order valence-electron chi connectivity index (χ4n) is 3.14. The molecule has 152 valence electrons. The minimum atomic E-state index is -1.34. The maximum Gasteiger partial charge on any atom is 1.00 e. The SMILES string of the molecule is CCc1c(-c2ccc(O)cc2)noc1CCC(=O)Nc1cn(CC)cc1C(=O)[O-].[K+]. The van der Waals surface area contributed by atoms with Crippen molar-refractivity contribution in [1.29, 1.82) is 0 Å². The van der Waals surface area contributed by atoms with Gasteiger partial charge in [0.1, 0.15) is 17.2 Å². The summed E-state index contributed by atoms with van der Waals surface area (Å²) in [5, 5.41) is 27.4. The van der Waals surface area contributed by atoms with Crippen LogP contribution in [-0.2, 0) is 24.2 Å². The van der Waals surface area contributed by atoms with Gasteiger partial charge in [-0.05, 0) is 37.6 Å². The maximum absolute atomic E-state index is 12.3. The zero-order chi connectivity index (χ0) is 21.0. The predicted octanol–water partition coefficient (Wildman–Crippen LogP) is -0.630. The predicted molar refractivity (Wildman–Crippen MR) is 104 cm³/mol. The Morgan fingerprint density at radius 1 is 1.20 bits per heavy atom. The number of phenols is 1. The molecule has 1 amide bonds. The van der Waals surface area contributed by atoms with E-state index in [1.54, 1.807) is 35.0 Å². The third-order valence-electron chi connectivity index (χ3n) is 4.68. The van der Waals surface area contributed by atoms with Crippen LogP contribution in [0.2, 0.25) is 0 Å². The van der Waals surface area contributed by atoms with Crippen LogP contribution in [0.4, 0.5) is 5.69 Å². The van der Waals surface area contributed by atoms with E-state index in [2.05, 4.69) is 10.5 Å². The normalized spacial score (nSPS) is 10.5. The van der Waals surface area contributed by atoms with Gasteiger partial charge in [0.2, 0.25) is 5.91 Å². The Balaban J connectivity index is 0.00000320. The monoisotopic (exact) mass is 435 g/mol. The second-order valence-electron chi connectivity index (χ2n) is 6.58. The Morgan fingerprint density at radius 2 is 1.90 bits per heavy atom. The number of anilines is 1. The van der Waals surface area contributed by atoms with Gasteiger partial charge in [0, 0.05) is 48.5 Å². The molecule has 0 bridgehead atoms. The first kappa shape index (κ1) is 24.4. The summed E-state index contributed by atoms with van der Waals surface area (Å²) in [6, 6.07) is 6.66. The van der Waals surface area contributed by atoms with Gasteiger partial charge in [-0.1, -0.05) is 12.1 Å². The Kier molecular flexibility index (Phi) is 8.87. The number of benzene rings is 1. The van der Waals surface area contributed by atoms with Crippen LogP contribution in [0.5, 0.6) is 5.75 Å². The topological polar surface area (TPSA) is 120 Å². The molecule has 0 fully saturated rings. The van der Waals surface area contributed by atoms with Crippen molar-refractivity contribution in [3.8, 4) is 17.0 Å². The summed E-state index contributed by atoms with van der Waals surface area (Å²) in [5.41, 5.74) is 2.57. The molecule has 9 heteroatoms. The van der Waals surface area contributed by atoms with Crippen molar-refractivity contribution in [3.63, 3.8) is 0 Å². The number of aryl methyl sites for hydroxylation is 2. The molecule has 2 aromatic heterocycles. The molecule has 3 rings (SSSR count). The Hall–Kier alpha value is -1.91. The van der Waals surface area contributed by atoms with Crippen molar-refractivity contribution in [2.24, 2.45) is 0 Å². The van der Waals surface area contributed by atoms with Crippen molar-refractivity contribution in [2.45, 2.75) is 39.7 Å². The number of aromatic carboxylic acids is 1. The van der Waals surface area contributed by atoms with E-state index in [4.69, 9.17) is 4.52 Å².